The average molecular weight is 297 g/mol. The lowest BCUT2D eigenvalue weighted by molar-refractivity contribution is -0.141. The van der Waals surface area contributed by atoms with Crippen LogP contribution in [0.5, 0.6) is 11.5 Å². The average Bonchev–Trinajstić information content (AvgIpc) is 2.98. The minimum Gasteiger partial charge on any atom is -0.497 e. The van der Waals surface area contributed by atoms with E-state index in [1.54, 1.807) is 7.11 Å². The van der Waals surface area contributed by atoms with Gasteiger partial charge in [-0.3, -0.25) is 4.84 Å². The Morgan fingerprint density at radius 2 is 2.00 bits per heavy atom. The third kappa shape index (κ3) is 2.34. The van der Waals surface area contributed by atoms with Crippen molar-refractivity contribution in [2.45, 2.75) is 12.6 Å². The van der Waals surface area contributed by atoms with Gasteiger partial charge in [-0.2, -0.15) is 5.06 Å². The first-order valence-electron chi connectivity index (χ1n) is 7.59. The van der Waals surface area contributed by atoms with E-state index < -0.39 is 0 Å². The Morgan fingerprint density at radius 3 is 2.82 bits per heavy atom. The van der Waals surface area contributed by atoms with Crippen molar-refractivity contribution in [3.8, 4) is 11.5 Å². The van der Waals surface area contributed by atoms with Crippen LogP contribution < -0.4 is 9.47 Å². The molecule has 4 rings (SSSR count). The van der Waals surface area contributed by atoms with Gasteiger partial charge >= 0.3 is 0 Å². The lowest BCUT2D eigenvalue weighted by atomic mass is 9.91. The predicted octanol–water partition coefficient (Wildman–Crippen LogP) is 3.19. The van der Waals surface area contributed by atoms with Gasteiger partial charge in [-0.05, 0) is 23.8 Å². The summed E-state index contributed by atoms with van der Waals surface area (Å²) in [6.07, 6.45) is 0. The van der Waals surface area contributed by atoms with Crippen molar-refractivity contribution in [3.63, 3.8) is 0 Å². The molecule has 0 bridgehead atoms. The van der Waals surface area contributed by atoms with E-state index in [9.17, 15) is 0 Å². The maximum Gasteiger partial charge on any atom is 0.124 e. The van der Waals surface area contributed by atoms with Crippen LogP contribution in [0.15, 0.2) is 48.5 Å². The van der Waals surface area contributed by atoms with E-state index in [0.29, 0.717) is 19.1 Å². The van der Waals surface area contributed by atoms with Gasteiger partial charge < -0.3 is 9.47 Å². The van der Waals surface area contributed by atoms with Crippen molar-refractivity contribution in [1.29, 1.82) is 0 Å². The summed E-state index contributed by atoms with van der Waals surface area (Å²) >= 11 is 0. The fourth-order valence-corrected chi connectivity index (χ4v) is 3.27. The van der Waals surface area contributed by atoms with E-state index >= 15 is 0 Å². The van der Waals surface area contributed by atoms with Gasteiger partial charge in [0, 0.05) is 18.0 Å². The minimum atomic E-state index is 0.221. The Bertz CT molecular complexity index is 659. The summed E-state index contributed by atoms with van der Waals surface area (Å²) in [6, 6.07) is 16.6. The van der Waals surface area contributed by atoms with Crippen molar-refractivity contribution in [2.75, 3.05) is 20.3 Å². The van der Waals surface area contributed by atoms with Gasteiger partial charge in [-0.15, -0.1) is 0 Å². The zero-order valence-electron chi connectivity index (χ0n) is 12.6. The first-order valence-corrected chi connectivity index (χ1v) is 7.59. The molecule has 0 spiro atoms. The first-order chi connectivity index (χ1) is 10.8. The lowest BCUT2D eigenvalue weighted by Crippen LogP contribution is -2.30. The Morgan fingerprint density at radius 1 is 1.14 bits per heavy atom. The molecule has 0 unspecified atom stereocenters. The molecule has 2 aliphatic heterocycles. The van der Waals surface area contributed by atoms with Crippen LogP contribution in [0.2, 0.25) is 0 Å². The van der Waals surface area contributed by atoms with Gasteiger partial charge in [0.2, 0.25) is 0 Å². The van der Waals surface area contributed by atoms with Gasteiger partial charge in [0.15, 0.2) is 0 Å². The Balaban J connectivity index is 1.66. The predicted molar refractivity (Wildman–Crippen MR) is 82.7 cm³/mol. The van der Waals surface area contributed by atoms with Crippen LogP contribution in [0, 0.1) is 5.92 Å². The van der Waals surface area contributed by atoms with Gasteiger partial charge in [0.25, 0.3) is 0 Å². The smallest absolute Gasteiger partial charge is 0.124 e. The van der Waals surface area contributed by atoms with E-state index in [0.717, 1.165) is 23.6 Å². The molecule has 1 fully saturated rings. The van der Waals surface area contributed by atoms with Crippen molar-refractivity contribution >= 4 is 0 Å². The topological polar surface area (TPSA) is 30.9 Å². The quantitative estimate of drug-likeness (QED) is 0.870. The summed E-state index contributed by atoms with van der Waals surface area (Å²) in [5.41, 5.74) is 2.41. The standard InChI is InChI=1S/C18H19NO3/c1-20-15-7-8-17-16(9-15)18-14(11-21-17)12-22-19(18)10-13-5-3-2-4-6-13/h2-9,14,18H,10-12H2,1H3/t14-,18+/m0/s1. The number of methoxy groups -OCH3 is 1. The van der Waals surface area contributed by atoms with Crippen molar-refractivity contribution in [3.05, 3.63) is 59.7 Å². The summed E-state index contributed by atoms with van der Waals surface area (Å²) in [4.78, 5) is 5.95. The van der Waals surface area contributed by atoms with E-state index in [4.69, 9.17) is 14.3 Å². The van der Waals surface area contributed by atoms with Gasteiger partial charge in [-0.1, -0.05) is 30.3 Å². The maximum atomic E-state index is 5.95. The normalized spacial score (nSPS) is 23.5. The maximum absolute atomic E-state index is 5.95. The Kier molecular flexibility index (Phi) is 3.48. The molecule has 0 amide bonds. The second kappa shape index (κ2) is 5.63. The van der Waals surface area contributed by atoms with Gasteiger partial charge in [-0.25, -0.2) is 0 Å². The molecule has 2 heterocycles. The van der Waals surface area contributed by atoms with Crippen LogP contribution in [0.1, 0.15) is 17.2 Å². The number of fused-ring (bicyclic) bond motifs is 3. The number of hydroxylamine groups is 2. The van der Waals surface area contributed by atoms with Crippen LogP contribution in [0.3, 0.4) is 0 Å². The number of hydrogen-bond donors (Lipinski definition) is 0. The summed E-state index contributed by atoms with van der Waals surface area (Å²) in [6.45, 7) is 2.18. The summed E-state index contributed by atoms with van der Waals surface area (Å²) < 4.78 is 11.2. The fraction of sp³-hybridized carbons (Fsp3) is 0.333. The molecule has 2 aromatic carbocycles. The van der Waals surface area contributed by atoms with E-state index in [1.807, 2.05) is 18.2 Å². The molecule has 114 valence electrons. The number of hydrogen-bond acceptors (Lipinski definition) is 4. The van der Waals surface area contributed by atoms with Crippen LogP contribution in [0.25, 0.3) is 0 Å². The molecule has 0 aromatic heterocycles. The molecule has 2 aromatic rings. The molecule has 0 saturated carbocycles. The highest BCUT2D eigenvalue weighted by Crippen LogP contribution is 2.45. The number of rotatable bonds is 3. The third-order valence-electron chi connectivity index (χ3n) is 4.38. The largest absolute Gasteiger partial charge is 0.497 e. The number of ether oxygens (including phenoxy) is 2. The Hall–Kier alpha value is -2.04. The van der Waals surface area contributed by atoms with Gasteiger partial charge in [0.1, 0.15) is 11.5 Å². The number of nitrogens with zero attached hydrogens (tertiary/aromatic N) is 1. The third-order valence-corrected chi connectivity index (χ3v) is 4.38. The summed E-state index contributed by atoms with van der Waals surface area (Å²) in [7, 11) is 1.69. The molecule has 4 nitrogen and oxygen atoms in total. The zero-order chi connectivity index (χ0) is 14.9. The molecule has 22 heavy (non-hydrogen) atoms. The lowest BCUT2D eigenvalue weighted by Gasteiger charge is -2.31. The molecule has 0 N–H and O–H groups in total. The number of benzene rings is 2. The highest BCUT2D eigenvalue weighted by molar-refractivity contribution is 5.44. The fourth-order valence-electron chi connectivity index (χ4n) is 3.27. The van der Waals surface area contributed by atoms with E-state index in [2.05, 4.69) is 35.4 Å². The van der Waals surface area contributed by atoms with E-state index in [1.165, 1.54) is 5.56 Å². The SMILES string of the molecule is COc1ccc2c(c1)[C@H]1[C@@H](CO2)CON1Cc1ccccc1. The monoisotopic (exact) mass is 297 g/mol. The summed E-state index contributed by atoms with van der Waals surface area (Å²) in [5.74, 6) is 2.16. The Labute approximate surface area is 130 Å². The molecule has 4 heteroatoms. The van der Waals surface area contributed by atoms with Crippen LogP contribution in [-0.2, 0) is 11.4 Å². The molecule has 1 saturated heterocycles. The first kappa shape index (κ1) is 13.6. The second-order valence-corrected chi connectivity index (χ2v) is 5.78. The molecule has 0 aliphatic carbocycles. The van der Waals surface area contributed by atoms with Crippen molar-refractivity contribution < 1.29 is 14.3 Å². The second-order valence-electron chi connectivity index (χ2n) is 5.78. The molecule has 0 radical (unpaired) electrons. The van der Waals surface area contributed by atoms with Crippen LogP contribution in [0.4, 0.5) is 0 Å². The van der Waals surface area contributed by atoms with E-state index in [-0.39, 0.29) is 6.04 Å². The minimum absolute atomic E-state index is 0.221. The summed E-state index contributed by atoms with van der Waals surface area (Å²) in [5, 5.41) is 2.08. The molecular formula is C18H19NO3. The van der Waals surface area contributed by atoms with Crippen molar-refractivity contribution in [1.82, 2.24) is 5.06 Å². The van der Waals surface area contributed by atoms with Crippen LogP contribution in [-0.4, -0.2) is 25.4 Å². The molecular weight excluding hydrogens is 278 g/mol. The van der Waals surface area contributed by atoms with Gasteiger partial charge in [0.05, 0.1) is 26.4 Å². The zero-order valence-corrected chi connectivity index (χ0v) is 12.6. The van der Waals surface area contributed by atoms with Crippen LogP contribution >= 0.6 is 0 Å². The highest BCUT2D eigenvalue weighted by atomic mass is 16.7. The van der Waals surface area contributed by atoms with Crippen molar-refractivity contribution in [2.24, 2.45) is 5.92 Å². The molecule has 2 aliphatic rings. The molecule has 2 atom stereocenters. The highest BCUT2D eigenvalue weighted by Gasteiger charge is 2.41.